The Bertz CT molecular complexity index is 1640. The molecule has 16 nitrogen and oxygen atoms in total. The van der Waals surface area contributed by atoms with Crippen LogP contribution in [0, 0.1) is 17.8 Å². The minimum absolute atomic E-state index is 0.0125. The molecule has 0 aliphatic carbocycles. The summed E-state index contributed by atoms with van der Waals surface area (Å²) in [4.78, 5) is 82.6. The van der Waals surface area contributed by atoms with Gasteiger partial charge in [-0.05, 0) is 51.0 Å². The van der Waals surface area contributed by atoms with Crippen molar-refractivity contribution in [1.29, 1.82) is 0 Å². The summed E-state index contributed by atoms with van der Waals surface area (Å²) in [5.41, 5.74) is 0.286. The van der Waals surface area contributed by atoms with Crippen LogP contribution in [0.3, 0.4) is 0 Å². The van der Waals surface area contributed by atoms with Crippen molar-refractivity contribution >= 4 is 35.7 Å². The molecule has 2 aliphatic rings. The van der Waals surface area contributed by atoms with E-state index in [0.29, 0.717) is 45.1 Å². The van der Waals surface area contributed by atoms with Gasteiger partial charge >= 0.3 is 12.1 Å². The largest absolute Gasteiger partial charge is 0.467 e. The van der Waals surface area contributed by atoms with Crippen molar-refractivity contribution in [3.63, 3.8) is 0 Å². The highest BCUT2D eigenvalue weighted by molar-refractivity contribution is 5.88. The topological polar surface area (TPSA) is 163 Å². The minimum Gasteiger partial charge on any atom is -0.467 e. The van der Waals surface area contributed by atoms with Crippen LogP contribution in [-0.4, -0.2) is 177 Å². The molecule has 16 heteroatoms. The van der Waals surface area contributed by atoms with Crippen LogP contribution in [0.4, 0.5) is 4.79 Å². The maximum absolute atomic E-state index is 14.7. The molecule has 0 radical (unpaired) electrons. The van der Waals surface area contributed by atoms with E-state index in [0.717, 1.165) is 18.4 Å². The number of amides is 4. The Balaban J connectivity index is 1.80. The van der Waals surface area contributed by atoms with Crippen molar-refractivity contribution in [2.75, 3.05) is 75.2 Å². The first-order valence-corrected chi connectivity index (χ1v) is 22.2. The van der Waals surface area contributed by atoms with Crippen molar-refractivity contribution < 1.29 is 42.9 Å². The van der Waals surface area contributed by atoms with E-state index in [2.05, 4.69) is 24.1 Å². The number of methoxy groups -OCH3 is 3. The molecule has 350 valence electrons. The van der Waals surface area contributed by atoms with Crippen LogP contribution in [-0.2, 0) is 44.5 Å². The first kappa shape index (κ1) is 51.9. The lowest BCUT2D eigenvalue weighted by atomic mass is 9.89. The van der Waals surface area contributed by atoms with E-state index in [-0.39, 0.29) is 48.5 Å². The summed E-state index contributed by atoms with van der Waals surface area (Å²) in [5, 5.41) is 2.87. The molecule has 0 spiro atoms. The number of rotatable bonds is 18. The number of hydrogen-bond acceptors (Lipinski definition) is 10. The number of ether oxygens (including phenoxy) is 4. The van der Waals surface area contributed by atoms with Gasteiger partial charge in [-0.2, -0.15) is 0 Å². The molecule has 0 bridgehead atoms. The van der Waals surface area contributed by atoms with Crippen LogP contribution < -0.4 is 5.32 Å². The SMILES string of the molecule is CC[C@H](C)[C@@H]([C@@H](CC(=O)N1CCC[C@H]1[C@H](OC)[C@@H](C)C(=O)N[C@@H](Cc1ccccc1)C(=O)OC)OC)N(C)C(=O)[C@@H](/N=C(\N(C)C)N1CCN(C(=O)OC(C)(C)C)CC1)C(C)C. The normalized spacial score (nSPS) is 19.5. The molecule has 4 amide bonds. The molecule has 2 saturated heterocycles. The minimum atomic E-state index is -0.896. The highest BCUT2D eigenvalue weighted by atomic mass is 16.6. The number of hydrogen-bond donors (Lipinski definition) is 1. The lowest BCUT2D eigenvalue weighted by Crippen LogP contribution is -2.56. The van der Waals surface area contributed by atoms with E-state index >= 15 is 0 Å². The molecule has 2 fully saturated rings. The van der Waals surface area contributed by atoms with Crippen LogP contribution in [0.25, 0.3) is 0 Å². The highest BCUT2D eigenvalue weighted by Gasteiger charge is 2.43. The fourth-order valence-electron chi connectivity index (χ4n) is 8.51. The van der Waals surface area contributed by atoms with Crippen LogP contribution in [0.15, 0.2) is 35.3 Å². The Labute approximate surface area is 371 Å². The zero-order valence-corrected chi connectivity index (χ0v) is 40.0. The summed E-state index contributed by atoms with van der Waals surface area (Å²) in [5.74, 6) is -1.49. The number of nitrogens with zero attached hydrogens (tertiary/aromatic N) is 6. The number of likely N-dealkylation sites (N-methyl/N-ethyl adjacent to an activating group) is 1. The molecule has 2 heterocycles. The monoisotopic (exact) mass is 872 g/mol. The molecular weight excluding hydrogens is 795 g/mol. The van der Waals surface area contributed by atoms with Gasteiger partial charge in [0.25, 0.3) is 0 Å². The van der Waals surface area contributed by atoms with Gasteiger partial charge in [-0.3, -0.25) is 14.4 Å². The molecule has 0 aromatic heterocycles. The Morgan fingerprint density at radius 1 is 0.887 bits per heavy atom. The van der Waals surface area contributed by atoms with Crippen LogP contribution >= 0.6 is 0 Å². The number of esters is 1. The average molecular weight is 872 g/mol. The van der Waals surface area contributed by atoms with Crippen molar-refractivity contribution in [2.24, 2.45) is 22.7 Å². The van der Waals surface area contributed by atoms with E-state index in [1.807, 2.05) is 83.9 Å². The zero-order chi connectivity index (χ0) is 46.5. The molecule has 8 atom stereocenters. The third-order valence-electron chi connectivity index (χ3n) is 12.1. The van der Waals surface area contributed by atoms with Crippen molar-refractivity contribution in [1.82, 2.24) is 29.8 Å². The number of guanidine groups is 1. The maximum Gasteiger partial charge on any atom is 0.410 e. The number of nitrogens with one attached hydrogen (secondary N) is 1. The number of aliphatic imine (C=N–C) groups is 1. The highest BCUT2D eigenvalue weighted by Crippen LogP contribution is 2.30. The average Bonchev–Trinajstić information content (AvgIpc) is 3.72. The van der Waals surface area contributed by atoms with E-state index in [1.54, 1.807) is 35.8 Å². The molecule has 3 rings (SSSR count). The fraction of sp³-hybridized carbons (Fsp3) is 0.739. The first-order chi connectivity index (χ1) is 29.2. The molecule has 1 aromatic rings. The Morgan fingerprint density at radius 3 is 2.02 bits per heavy atom. The second-order valence-electron chi connectivity index (χ2n) is 18.3. The van der Waals surface area contributed by atoms with E-state index in [9.17, 15) is 24.0 Å². The van der Waals surface area contributed by atoms with Crippen LogP contribution in [0.5, 0.6) is 0 Å². The molecule has 0 unspecified atom stereocenters. The third kappa shape index (κ3) is 14.0. The van der Waals surface area contributed by atoms with Gasteiger partial charge in [0.2, 0.25) is 17.7 Å². The smallest absolute Gasteiger partial charge is 0.410 e. The second-order valence-corrected chi connectivity index (χ2v) is 18.3. The predicted molar refractivity (Wildman–Crippen MR) is 239 cm³/mol. The van der Waals surface area contributed by atoms with E-state index in [1.165, 1.54) is 14.2 Å². The van der Waals surface area contributed by atoms with Gasteiger partial charge in [-0.1, -0.05) is 71.4 Å². The lowest BCUT2D eigenvalue weighted by Gasteiger charge is -2.41. The summed E-state index contributed by atoms with van der Waals surface area (Å²) < 4.78 is 22.7. The lowest BCUT2D eigenvalue weighted by molar-refractivity contribution is -0.148. The Kier molecular flexibility index (Phi) is 20.0. The number of likely N-dealkylation sites (tertiary alicyclic amines) is 1. The van der Waals surface area contributed by atoms with Crippen molar-refractivity contribution in [3.05, 3.63) is 35.9 Å². The van der Waals surface area contributed by atoms with Crippen molar-refractivity contribution in [2.45, 2.75) is 129 Å². The van der Waals surface area contributed by atoms with Gasteiger partial charge in [0.15, 0.2) is 5.96 Å². The van der Waals surface area contributed by atoms with Gasteiger partial charge in [0, 0.05) is 74.5 Å². The van der Waals surface area contributed by atoms with Crippen LogP contribution in [0.1, 0.15) is 86.6 Å². The summed E-state index contributed by atoms with van der Waals surface area (Å²) in [7, 11) is 9.97. The molecule has 1 aromatic carbocycles. The number of piperazine rings is 1. The van der Waals surface area contributed by atoms with Gasteiger partial charge in [0.05, 0.1) is 43.7 Å². The van der Waals surface area contributed by atoms with E-state index < -0.39 is 53.9 Å². The number of benzene rings is 1. The molecule has 62 heavy (non-hydrogen) atoms. The second kappa shape index (κ2) is 23.9. The summed E-state index contributed by atoms with van der Waals surface area (Å²) in [6.07, 6.45) is 0.738. The van der Waals surface area contributed by atoms with E-state index in [4.69, 9.17) is 23.9 Å². The Hall–Kier alpha value is -4.44. The van der Waals surface area contributed by atoms with Gasteiger partial charge in [-0.15, -0.1) is 0 Å². The summed E-state index contributed by atoms with van der Waals surface area (Å²) in [6, 6.07) is 6.92. The van der Waals surface area contributed by atoms with Gasteiger partial charge in [-0.25, -0.2) is 14.6 Å². The molecular formula is C46H77N7O9. The Morgan fingerprint density at radius 2 is 1.50 bits per heavy atom. The third-order valence-corrected chi connectivity index (χ3v) is 12.1. The van der Waals surface area contributed by atoms with Gasteiger partial charge < -0.3 is 48.8 Å². The number of carbonyl (C=O) groups excluding carboxylic acids is 5. The zero-order valence-electron chi connectivity index (χ0n) is 40.0. The standard InChI is InChI=1S/C46H77N7O9/c1-15-31(4)39(50(11)42(56)38(30(2)3)48-44(49(9)10)51-24-26-52(27-25-51)45(58)62-46(6,7)8)36(59-12)29-37(54)53-23-19-22-35(53)40(60-13)32(5)41(55)47-34(43(57)61-14)28-33-20-17-16-18-21-33/h16-18,20-21,30-32,34-36,38-40H,15,19,22-29H2,1-14H3,(H,47,55)/b48-44+/t31-,32+,34-,35-,36+,38-,39-,40+/m0/s1. The quantitative estimate of drug-likeness (QED) is 0.127. The number of carbonyl (C=O) groups is 5. The van der Waals surface area contributed by atoms with Gasteiger partial charge in [0.1, 0.15) is 17.7 Å². The predicted octanol–water partition coefficient (Wildman–Crippen LogP) is 4.30. The molecule has 1 N–H and O–H groups in total. The van der Waals surface area contributed by atoms with Crippen molar-refractivity contribution in [3.8, 4) is 0 Å². The maximum atomic E-state index is 14.7. The fourth-order valence-corrected chi connectivity index (χ4v) is 8.51. The summed E-state index contributed by atoms with van der Waals surface area (Å²) >= 11 is 0. The molecule has 2 aliphatic heterocycles. The first-order valence-electron chi connectivity index (χ1n) is 22.2. The van der Waals surface area contributed by atoms with Crippen LogP contribution in [0.2, 0.25) is 0 Å². The molecule has 0 saturated carbocycles. The summed E-state index contributed by atoms with van der Waals surface area (Å²) in [6.45, 7) is 17.8.